The number of halogens is 3. The van der Waals surface area contributed by atoms with Gasteiger partial charge in [-0.15, -0.1) is 30.0 Å². The second-order valence-corrected chi connectivity index (χ2v) is 8.88. The van der Waals surface area contributed by atoms with Crippen molar-refractivity contribution in [1.29, 1.82) is 5.26 Å². The van der Waals surface area contributed by atoms with Gasteiger partial charge in [0.15, 0.2) is 11.6 Å². The third-order valence-electron chi connectivity index (χ3n) is 4.68. The number of thioether (sulfide) groups is 1. The van der Waals surface area contributed by atoms with Crippen molar-refractivity contribution in [3.05, 3.63) is 53.5 Å². The Morgan fingerprint density at radius 1 is 1.35 bits per heavy atom. The number of carbonyl (C=O) groups excluding carboxylic acids is 1. The molecule has 0 unspecified atom stereocenters. The maximum absolute atomic E-state index is 12.9. The molecule has 0 bridgehead atoms. The van der Waals surface area contributed by atoms with Gasteiger partial charge in [-0.3, -0.25) is 4.79 Å². The number of aromatic nitrogens is 4. The quantitative estimate of drug-likeness (QED) is 0.513. The highest BCUT2D eigenvalue weighted by molar-refractivity contribution is 8.00. The summed E-state index contributed by atoms with van der Waals surface area (Å²) in [6, 6.07) is 8.14. The van der Waals surface area contributed by atoms with Crippen LogP contribution in [0.1, 0.15) is 47.6 Å². The molecule has 1 aromatic carbocycles. The molecule has 34 heavy (non-hydrogen) atoms. The Hall–Kier alpha value is -3.79. The van der Waals surface area contributed by atoms with E-state index in [1.807, 2.05) is 6.07 Å². The lowest BCUT2D eigenvalue weighted by molar-refractivity contribution is -0.274. The highest BCUT2D eigenvalue weighted by Crippen LogP contribution is 2.41. The fourth-order valence-corrected chi connectivity index (χ4v) is 4.19. The van der Waals surface area contributed by atoms with Crippen molar-refractivity contribution in [2.75, 3.05) is 5.73 Å². The number of nitrogens with two attached hydrogens (primary N) is 1. The molecule has 0 saturated heterocycles. The Morgan fingerprint density at radius 2 is 2.12 bits per heavy atom. The zero-order valence-corrected chi connectivity index (χ0v) is 18.5. The largest absolute Gasteiger partial charge is 0.573 e. The van der Waals surface area contributed by atoms with Crippen molar-refractivity contribution < 1.29 is 22.7 Å². The van der Waals surface area contributed by atoms with Gasteiger partial charge in [-0.2, -0.15) is 14.9 Å². The van der Waals surface area contributed by atoms with Gasteiger partial charge in [-0.1, -0.05) is 0 Å². The summed E-state index contributed by atoms with van der Waals surface area (Å²) >= 11 is 1.40. The number of alkyl halides is 3. The second kappa shape index (κ2) is 9.22. The molecule has 1 saturated carbocycles. The minimum Gasteiger partial charge on any atom is -0.406 e. The molecule has 176 valence electrons. The van der Waals surface area contributed by atoms with Gasteiger partial charge < -0.3 is 15.8 Å². The summed E-state index contributed by atoms with van der Waals surface area (Å²) in [6.07, 6.45) is -1.60. The summed E-state index contributed by atoms with van der Waals surface area (Å²) in [5, 5.41) is 16.0. The van der Waals surface area contributed by atoms with E-state index in [1.165, 1.54) is 34.8 Å². The third-order valence-corrected chi connectivity index (χ3v) is 5.99. The molecular weight excluding hydrogens is 471 g/mol. The summed E-state index contributed by atoms with van der Waals surface area (Å²) < 4.78 is 43.7. The number of ether oxygens (including phenoxy) is 1. The van der Waals surface area contributed by atoms with E-state index in [2.05, 4.69) is 25.1 Å². The molecule has 2 heterocycles. The van der Waals surface area contributed by atoms with Crippen LogP contribution in [0.2, 0.25) is 0 Å². The molecule has 9 nitrogen and oxygen atoms in total. The molecule has 0 spiro atoms. The number of nitrogens with zero attached hydrogens (tertiary/aromatic N) is 5. The van der Waals surface area contributed by atoms with Crippen LogP contribution in [0, 0.1) is 11.3 Å². The first-order valence-corrected chi connectivity index (χ1v) is 11.0. The molecule has 1 amide bonds. The molecule has 1 aliphatic rings. The van der Waals surface area contributed by atoms with E-state index in [-0.39, 0.29) is 17.3 Å². The highest BCUT2D eigenvalue weighted by Gasteiger charge is 2.32. The standard InChI is InChI=1S/C21H18F3N7O2S/c1-11(18-29-20(26)30-31(18)17-5-2-12(9-25)10-27-17)28-19(32)13-6-14(33-21(22,23)24)8-16(7-13)34-15-3-4-15/h2,5-8,10-11,15H,3-4H2,1H3,(H2,26,30)(H,28,32)/t11-/m0/s1. The van der Waals surface area contributed by atoms with Gasteiger partial charge in [-0.25, -0.2) is 4.98 Å². The molecule has 1 fully saturated rings. The SMILES string of the molecule is C[C@H](NC(=O)c1cc(OC(F)(F)F)cc(SC2CC2)c1)c1nc(N)nn1-c1ccc(C#N)cn1. The molecule has 1 aliphatic carbocycles. The zero-order chi connectivity index (χ0) is 24.5. The van der Waals surface area contributed by atoms with E-state index >= 15 is 0 Å². The zero-order valence-electron chi connectivity index (χ0n) is 17.7. The van der Waals surface area contributed by atoms with Crippen molar-refractivity contribution in [1.82, 2.24) is 25.1 Å². The first-order chi connectivity index (χ1) is 16.1. The Balaban J connectivity index is 1.58. The van der Waals surface area contributed by atoms with Crippen molar-refractivity contribution in [2.24, 2.45) is 0 Å². The van der Waals surface area contributed by atoms with Crippen molar-refractivity contribution in [2.45, 2.75) is 42.3 Å². The number of nitrogens with one attached hydrogen (secondary N) is 1. The number of rotatable bonds is 7. The minimum atomic E-state index is -4.88. The number of nitrogen functional groups attached to an aromatic ring is 1. The number of nitriles is 1. The van der Waals surface area contributed by atoms with Crippen LogP contribution in [-0.4, -0.2) is 37.3 Å². The summed E-state index contributed by atoms with van der Waals surface area (Å²) in [7, 11) is 0. The molecule has 2 aromatic heterocycles. The second-order valence-electron chi connectivity index (χ2n) is 7.51. The first-order valence-electron chi connectivity index (χ1n) is 10.1. The van der Waals surface area contributed by atoms with Crippen LogP contribution < -0.4 is 15.8 Å². The van der Waals surface area contributed by atoms with Gasteiger partial charge in [-0.05, 0) is 50.1 Å². The fraction of sp³-hybridized carbons (Fsp3) is 0.286. The average Bonchev–Trinajstić information content (AvgIpc) is 3.50. The summed E-state index contributed by atoms with van der Waals surface area (Å²) in [4.78, 5) is 21.7. The Morgan fingerprint density at radius 3 is 2.74 bits per heavy atom. The maximum atomic E-state index is 12.9. The third kappa shape index (κ3) is 5.76. The van der Waals surface area contributed by atoms with Gasteiger partial charge in [0, 0.05) is 21.9 Å². The number of benzene rings is 1. The number of hydrogen-bond donors (Lipinski definition) is 2. The van der Waals surface area contributed by atoms with Crippen LogP contribution in [0.4, 0.5) is 19.1 Å². The van der Waals surface area contributed by atoms with Crippen LogP contribution in [0.15, 0.2) is 41.4 Å². The van der Waals surface area contributed by atoms with Crippen molar-refractivity contribution >= 4 is 23.6 Å². The lowest BCUT2D eigenvalue weighted by Crippen LogP contribution is -2.29. The Labute approximate surface area is 196 Å². The number of amides is 1. The Kier molecular flexibility index (Phi) is 6.34. The van der Waals surface area contributed by atoms with Crippen LogP contribution in [0.3, 0.4) is 0 Å². The van der Waals surface area contributed by atoms with E-state index in [4.69, 9.17) is 11.0 Å². The molecule has 0 aliphatic heterocycles. The molecule has 13 heteroatoms. The van der Waals surface area contributed by atoms with Crippen LogP contribution in [0.5, 0.6) is 5.75 Å². The smallest absolute Gasteiger partial charge is 0.406 e. The molecule has 1 atom stereocenters. The average molecular weight is 489 g/mol. The lowest BCUT2D eigenvalue weighted by Gasteiger charge is -2.16. The lowest BCUT2D eigenvalue weighted by atomic mass is 10.2. The van der Waals surface area contributed by atoms with E-state index in [0.29, 0.717) is 21.5 Å². The van der Waals surface area contributed by atoms with Gasteiger partial charge >= 0.3 is 6.36 Å². The highest BCUT2D eigenvalue weighted by atomic mass is 32.2. The van der Waals surface area contributed by atoms with Crippen LogP contribution in [-0.2, 0) is 0 Å². The number of anilines is 1. The first kappa shape index (κ1) is 23.4. The number of hydrogen-bond acceptors (Lipinski definition) is 8. The monoisotopic (exact) mass is 489 g/mol. The van der Waals surface area contributed by atoms with E-state index < -0.39 is 24.1 Å². The molecular formula is C21H18F3N7O2S. The summed E-state index contributed by atoms with van der Waals surface area (Å²) in [5.41, 5.74) is 6.10. The van der Waals surface area contributed by atoms with Crippen molar-refractivity contribution in [3.63, 3.8) is 0 Å². The minimum absolute atomic E-state index is 0.00675. The summed E-state index contributed by atoms with van der Waals surface area (Å²) in [5.74, 6) is -0.587. The van der Waals surface area contributed by atoms with Gasteiger partial charge in [0.2, 0.25) is 5.95 Å². The fourth-order valence-electron chi connectivity index (χ4n) is 3.05. The van der Waals surface area contributed by atoms with Gasteiger partial charge in [0.25, 0.3) is 5.91 Å². The molecule has 3 N–H and O–H groups in total. The van der Waals surface area contributed by atoms with Crippen LogP contribution >= 0.6 is 11.8 Å². The number of pyridine rings is 1. The molecule has 3 aromatic rings. The molecule has 4 rings (SSSR count). The Bertz CT molecular complexity index is 1250. The van der Waals surface area contributed by atoms with E-state index in [9.17, 15) is 18.0 Å². The summed E-state index contributed by atoms with van der Waals surface area (Å²) in [6.45, 7) is 1.62. The maximum Gasteiger partial charge on any atom is 0.573 e. The predicted molar refractivity (Wildman–Crippen MR) is 116 cm³/mol. The number of carbonyl (C=O) groups is 1. The topological polar surface area (TPSA) is 132 Å². The molecule has 0 radical (unpaired) electrons. The van der Waals surface area contributed by atoms with E-state index in [1.54, 1.807) is 19.1 Å². The van der Waals surface area contributed by atoms with Crippen molar-refractivity contribution in [3.8, 4) is 17.6 Å². The van der Waals surface area contributed by atoms with Crippen LogP contribution in [0.25, 0.3) is 5.82 Å². The van der Waals surface area contributed by atoms with Gasteiger partial charge in [0.1, 0.15) is 11.8 Å². The van der Waals surface area contributed by atoms with Gasteiger partial charge in [0.05, 0.1) is 11.6 Å². The normalized spacial score (nSPS) is 14.3. The van der Waals surface area contributed by atoms with E-state index in [0.717, 1.165) is 18.9 Å². The predicted octanol–water partition coefficient (Wildman–Crippen LogP) is 3.76.